The average Bonchev–Trinajstić information content (AvgIpc) is 2.77. The highest BCUT2D eigenvalue weighted by atomic mass is 35.5. The first-order valence-electron chi connectivity index (χ1n) is 5.77. The predicted octanol–water partition coefficient (Wildman–Crippen LogP) is 3.49. The fraction of sp³-hybridized carbons (Fsp3) is 0.286. The summed E-state index contributed by atoms with van der Waals surface area (Å²) in [6.07, 6.45) is 1.08. The van der Waals surface area contributed by atoms with Gasteiger partial charge in [0.15, 0.2) is 0 Å². The highest BCUT2D eigenvalue weighted by Crippen LogP contribution is 2.36. The molecule has 0 radical (unpaired) electrons. The van der Waals surface area contributed by atoms with Crippen molar-refractivity contribution in [3.05, 3.63) is 57.2 Å². The Bertz CT molecular complexity index is 503. The van der Waals surface area contributed by atoms with Crippen LogP contribution in [0.3, 0.4) is 0 Å². The molecular weight excluding hydrogens is 250 g/mol. The molecule has 0 atom stereocenters. The molecule has 1 saturated heterocycles. The van der Waals surface area contributed by atoms with Crippen molar-refractivity contribution in [2.24, 2.45) is 0 Å². The Morgan fingerprint density at radius 3 is 2.65 bits per heavy atom. The Hall–Kier alpha value is -0.830. The van der Waals surface area contributed by atoms with Crippen molar-refractivity contribution in [3.63, 3.8) is 0 Å². The Labute approximate surface area is 110 Å². The molecule has 1 nitrogen and oxygen atoms in total. The zero-order valence-corrected chi connectivity index (χ0v) is 11.0. The Kier molecular flexibility index (Phi) is 2.95. The fourth-order valence-electron chi connectivity index (χ4n) is 2.51. The minimum atomic E-state index is 0.194. The van der Waals surface area contributed by atoms with E-state index in [9.17, 15) is 0 Å². The molecule has 1 aromatic heterocycles. The van der Waals surface area contributed by atoms with Crippen LogP contribution in [0.15, 0.2) is 41.1 Å². The van der Waals surface area contributed by atoms with Gasteiger partial charge in [-0.15, -0.1) is 0 Å². The van der Waals surface area contributed by atoms with Crippen molar-refractivity contribution in [1.29, 1.82) is 0 Å². The Morgan fingerprint density at radius 1 is 1.24 bits per heavy atom. The summed E-state index contributed by atoms with van der Waals surface area (Å²) in [5.41, 5.74) is 2.89. The Balaban J connectivity index is 1.95. The minimum Gasteiger partial charge on any atom is -0.315 e. The van der Waals surface area contributed by atoms with Crippen LogP contribution in [0.5, 0.6) is 0 Å². The fourth-order valence-corrected chi connectivity index (χ4v) is 3.52. The van der Waals surface area contributed by atoms with Crippen LogP contribution in [0.25, 0.3) is 0 Å². The van der Waals surface area contributed by atoms with E-state index in [-0.39, 0.29) is 5.41 Å². The third-order valence-electron chi connectivity index (χ3n) is 3.49. The van der Waals surface area contributed by atoms with Gasteiger partial charge in [0.25, 0.3) is 0 Å². The predicted molar refractivity (Wildman–Crippen MR) is 74.0 cm³/mol. The SMILES string of the molecule is Clc1ccccc1C1(Cc2ccsc2)CNC1. The normalized spacial score (nSPS) is 17.7. The molecule has 0 aliphatic carbocycles. The lowest BCUT2D eigenvalue weighted by Gasteiger charge is -2.43. The summed E-state index contributed by atoms with van der Waals surface area (Å²) in [5, 5.41) is 8.65. The van der Waals surface area contributed by atoms with Crippen LogP contribution in [-0.4, -0.2) is 13.1 Å². The third-order valence-corrected chi connectivity index (χ3v) is 4.56. The van der Waals surface area contributed by atoms with Crippen LogP contribution in [0.2, 0.25) is 5.02 Å². The van der Waals surface area contributed by atoms with Crippen molar-refractivity contribution >= 4 is 22.9 Å². The molecule has 2 aromatic rings. The molecule has 0 bridgehead atoms. The molecule has 1 aromatic carbocycles. The maximum absolute atomic E-state index is 6.34. The molecule has 3 rings (SSSR count). The number of rotatable bonds is 3. The first-order valence-corrected chi connectivity index (χ1v) is 7.09. The highest BCUT2D eigenvalue weighted by molar-refractivity contribution is 7.07. The van der Waals surface area contributed by atoms with E-state index in [1.165, 1.54) is 11.1 Å². The van der Waals surface area contributed by atoms with E-state index in [4.69, 9.17) is 11.6 Å². The third kappa shape index (κ3) is 2.01. The van der Waals surface area contributed by atoms with Gasteiger partial charge in [-0.25, -0.2) is 0 Å². The summed E-state index contributed by atoms with van der Waals surface area (Å²) in [7, 11) is 0. The molecule has 1 aliphatic heterocycles. The number of nitrogens with one attached hydrogen (secondary N) is 1. The van der Waals surface area contributed by atoms with E-state index in [0.717, 1.165) is 24.5 Å². The van der Waals surface area contributed by atoms with E-state index < -0.39 is 0 Å². The van der Waals surface area contributed by atoms with Crippen LogP contribution in [0, 0.1) is 0 Å². The van der Waals surface area contributed by atoms with Gasteiger partial charge in [-0.3, -0.25) is 0 Å². The summed E-state index contributed by atoms with van der Waals surface area (Å²) < 4.78 is 0. The topological polar surface area (TPSA) is 12.0 Å². The van der Waals surface area contributed by atoms with E-state index in [2.05, 4.69) is 34.3 Å². The van der Waals surface area contributed by atoms with Gasteiger partial charge in [-0.1, -0.05) is 29.8 Å². The second kappa shape index (κ2) is 4.45. The summed E-state index contributed by atoms with van der Waals surface area (Å²) in [5.74, 6) is 0. The van der Waals surface area contributed by atoms with Crippen LogP contribution < -0.4 is 5.32 Å². The zero-order valence-electron chi connectivity index (χ0n) is 9.45. The van der Waals surface area contributed by atoms with Crippen LogP contribution in [-0.2, 0) is 11.8 Å². The van der Waals surface area contributed by atoms with E-state index >= 15 is 0 Å². The molecule has 1 fully saturated rings. The number of hydrogen-bond acceptors (Lipinski definition) is 2. The van der Waals surface area contributed by atoms with Gasteiger partial charge in [0.2, 0.25) is 0 Å². The molecule has 1 N–H and O–H groups in total. The van der Waals surface area contributed by atoms with Crippen molar-refractivity contribution in [2.45, 2.75) is 11.8 Å². The number of benzene rings is 1. The molecule has 2 heterocycles. The van der Waals surface area contributed by atoms with Crippen LogP contribution >= 0.6 is 22.9 Å². The summed E-state index contributed by atoms with van der Waals surface area (Å²) in [6.45, 7) is 2.04. The molecule has 0 saturated carbocycles. The highest BCUT2D eigenvalue weighted by Gasteiger charge is 2.39. The molecular formula is C14H14ClNS. The summed E-state index contributed by atoms with van der Waals surface area (Å²) in [6, 6.07) is 10.4. The number of thiophene rings is 1. The van der Waals surface area contributed by atoms with Gasteiger partial charge >= 0.3 is 0 Å². The molecule has 3 heteroatoms. The monoisotopic (exact) mass is 263 g/mol. The van der Waals surface area contributed by atoms with Gasteiger partial charge in [0, 0.05) is 23.5 Å². The smallest absolute Gasteiger partial charge is 0.0444 e. The summed E-state index contributed by atoms with van der Waals surface area (Å²) >= 11 is 8.10. The van der Waals surface area contributed by atoms with Crippen molar-refractivity contribution in [1.82, 2.24) is 5.32 Å². The lowest BCUT2D eigenvalue weighted by Crippen LogP contribution is -2.58. The zero-order chi connectivity index (χ0) is 11.7. The van der Waals surface area contributed by atoms with Crippen molar-refractivity contribution in [2.75, 3.05) is 13.1 Å². The second-order valence-electron chi connectivity index (χ2n) is 4.67. The molecule has 0 amide bonds. The lowest BCUT2D eigenvalue weighted by atomic mass is 9.71. The maximum atomic E-state index is 6.34. The molecule has 0 spiro atoms. The summed E-state index contributed by atoms with van der Waals surface area (Å²) in [4.78, 5) is 0. The van der Waals surface area contributed by atoms with E-state index in [0.29, 0.717) is 0 Å². The minimum absolute atomic E-state index is 0.194. The first kappa shape index (κ1) is 11.3. The molecule has 17 heavy (non-hydrogen) atoms. The molecule has 88 valence electrons. The molecule has 0 unspecified atom stereocenters. The quantitative estimate of drug-likeness (QED) is 0.894. The van der Waals surface area contributed by atoms with Gasteiger partial charge in [0.1, 0.15) is 0 Å². The number of halogens is 1. The van der Waals surface area contributed by atoms with Gasteiger partial charge in [-0.05, 0) is 40.4 Å². The Morgan fingerprint density at radius 2 is 2.06 bits per heavy atom. The first-order chi connectivity index (χ1) is 8.30. The van der Waals surface area contributed by atoms with Gasteiger partial charge in [-0.2, -0.15) is 11.3 Å². The maximum Gasteiger partial charge on any atom is 0.0444 e. The number of hydrogen-bond donors (Lipinski definition) is 1. The van der Waals surface area contributed by atoms with Crippen LogP contribution in [0.1, 0.15) is 11.1 Å². The standard InChI is InChI=1S/C14H14ClNS/c15-13-4-2-1-3-12(13)14(9-16-10-14)7-11-5-6-17-8-11/h1-6,8,16H,7,9-10H2. The van der Waals surface area contributed by atoms with Crippen molar-refractivity contribution in [3.8, 4) is 0 Å². The van der Waals surface area contributed by atoms with Crippen molar-refractivity contribution < 1.29 is 0 Å². The van der Waals surface area contributed by atoms with Gasteiger partial charge < -0.3 is 5.32 Å². The van der Waals surface area contributed by atoms with E-state index in [1.54, 1.807) is 11.3 Å². The van der Waals surface area contributed by atoms with Crippen LogP contribution in [0.4, 0.5) is 0 Å². The molecule has 1 aliphatic rings. The lowest BCUT2D eigenvalue weighted by molar-refractivity contribution is 0.275. The van der Waals surface area contributed by atoms with Gasteiger partial charge in [0.05, 0.1) is 0 Å². The second-order valence-corrected chi connectivity index (χ2v) is 5.86. The largest absolute Gasteiger partial charge is 0.315 e. The average molecular weight is 264 g/mol. The van der Waals surface area contributed by atoms with E-state index in [1.807, 2.05) is 12.1 Å².